The first kappa shape index (κ1) is 30.1. The van der Waals surface area contributed by atoms with Crippen molar-refractivity contribution in [2.45, 2.75) is 85.4 Å². The van der Waals surface area contributed by atoms with E-state index in [-0.39, 0.29) is 42.4 Å². The molecule has 3 N–H and O–H groups in total. The molecule has 1 aromatic carbocycles. The molecule has 1 heterocycles. The fourth-order valence-corrected chi connectivity index (χ4v) is 4.03. The van der Waals surface area contributed by atoms with Gasteiger partial charge >= 0.3 is 6.03 Å². The third-order valence-corrected chi connectivity index (χ3v) is 6.36. The van der Waals surface area contributed by atoms with Crippen LogP contribution in [0, 0.1) is 17.0 Å². The van der Waals surface area contributed by atoms with Gasteiger partial charge in [0.2, 0.25) is 11.8 Å². The number of nitrogens with one attached hydrogen (secondary N) is 3. The molecule has 0 aliphatic carbocycles. The highest BCUT2D eigenvalue weighted by atomic mass is 19.1. The zero-order valence-electron chi connectivity index (χ0n) is 22.6. The van der Waals surface area contributed by atoms with Crippen LogP contribution in [0.1, 0.15) is 72.3 Å². The van der Waals surface area contributed by atoms with E-state index in [1.165, 1.54) is 13.0 Å². The average Bonchev–Trinajstić information content (AvgIpc) is 2.81. The lowest BCUT2D eigenvalue weighted by Gasteiger charge is -2.38. The lowest BCUT2D eigenvalue weighted by atomic mass is 9.90. The van der Waals surface area contributed by atoms with E-state index in [9.17, 15) is 23.2 Å². The molecular formula is C27H41F2N5O3. The topological polar surface area (TPSA) is 93.8 Å². The fraction of sp³-hybridized carbons (Fsp3) is 0.593. The molecule has 10 heteroatoms. The standard InChI is InChI=1S/C27H41F2N5O3/c1-18-9-7-8-14-33(18)19(2)17-34(32-24(35)12-13-27(4,5)6)26(37)31-20(3)25(36)30-16-21-10-11-22(28)15-23(21)29/h10-11,15,18,20H,2,7-9,12-14,16-17H2,1,3-6H3,(H,30,36)(H,31,37)(H,32,35)/t18-,20-/m0/s1. The van der Waals surface area contributed by atoms with Crippen LogP contribution in [0.3, 0.4) is 0 Å². The predicted molar refractivity (Wildman–Crippen MR) is 139 cm³/mol. The van der Waals surface area contributed by atoms with Gasteiger partial charge in [0, 0.05) is 42.9 Å². The van der Waals surface area contributed by atoms with Crippen LogP contribution in [-0.4, -0.2) is 52.9 Å². The van der Waals surface area contributed by atoms with Crippen molar-refractivity contribution >= 4 is 17.8 Å². The zero-order chi connectivity index (χ0) is 27.8. The first-order valence-corrected chi connectivity index (χ1v) is 12.8. The number of halogens is 2. The molecule has 1 fully saturated rings. The van der Waals surface area contributed by atoms with Gasteiger partial charge in [-0.25, -0.2) is 18.6 Å². The quantitative estimate of drug-likeness (QED) is 0.424. The van der Waals surface area contributed by atoms with Gasteiger partial charge < -0.3 is 15.5 Å². The maximum absolute atomic E-state index is 13.9. The molecule has 0 radical (unpaired) electrons. The molecular weight excluding hydrogens is 480 g/mol. The number of hydrogen-bond donors (Lipinski definition) is 3. The molecule has 8 nitrogen and oxygen atoms in total. The monoisotopic (exact) mass is 521 g/mol. The number of likely N-dealkylation sites (tertiary alicyclic amines) is 1. The Hall–Kier alpha value is -3.17. The molecule has 1 aliphatic rings. The number of carbonyl (C=O) groups excluding carboxylic acids is 3. The maximum atomic E-state index is 13.9. The minimum atomic E-state index is -0.979. The number of piperidine rings is 1. The van der Waals surface area contributed by atoms with E-state index in [0.29, 0.717) is 12.1 Å². The van der Waals surface area contributed by atoms with Crippen molar-refractivity contribution in [2.75, 3.05) is 13.1 Å². The van der Waals surface area contributed by atoms with Crippen LogP contribution < -0.4 is 16.1 Å². The Morgan fingerprint density at radius 1 is 1.22 bits per heavy atom. The second-order valence-electron chi connectivity index (χ2n) is 10.9. The first-order chi connectivity index (χ1) is 17.3. The Morgan fingerprint density at radius 2 is 1.92 bits per heavy atom. The van der Waals surface area contributed by atoms with E-state index < -0.39 is 29.6 Å². The van der Waals surface area contributed by atoms with Gasteiger partial charge in [-0.1, -0.05) is 33.4 Å². The number of rotatable bonds is 9. The lowest BCUT2D eigenvalue weighted by molar-refractivity contribution is -0.125. The number of carbonyl (C=O) groups is 3. The molecule has 37 heavy (non-hydrogen) atoms. The molecule has 1 saturated heterocycles. The smallest absolute Gasteiger partial charge is 0.337 e. The molecule has 1 aromatic rings. The summed E-state index contributed by atoms with van der Waals surface area (Å²) in [5, 5.41) is 6.27. The summed E-state index contributed by atoms with van der Waals surface area (Å²) in [6.07, 6.45) is 4.05. The Balaban J connectivity index is 2.03. The van der Waals surface area contributed by atoms with Crippen molar-refractivity contribution in [2.24, 2.45) is 5.41 Å². The highest BCUT2D eigenvalue weighted by Crippen LogP contribution is 2.22. The van der Waals surface area contributed by atoms with Gasteiger partial charge in [-0.3, -0.25) is 15.0 Å². The summed E-state index contributed by atoms with van der Waals surface area (Å²) in [5.41, 5.74) is 3.43. The van der Waals surface area contributed by atoms with Crippen LogP contribution in [-0.2, 0) is 16.1 Å². The second kappa shape index (κ2) is 13.4. The van der Waals surface area contributed by atoms with Crippen molar-refractivity contribution in [1.29, 1.82) is 0 Å². The number of hydrazine groups is 1. The van der Waals surface area contributed by atoms with Crippen molar-refractivity contribution in [1.82, 2.24) is 26.0 Å². The first-order valence-electron chi connectivity index (χ1n) is 12.8. The number of nitrogens with zero attached hydrogens (tertiary/aromatic N) is 2. The summed E-state index contributed by atoms with van der Waals surface area (Å²) in [4.78, 5) is 40.4. The molecule has 0 saturated carbocycles. The third kappa shape index (κ3) is 10.0. The van der Waals surface area contributed by atoms with Gasteiger partial charge in [-0.15, -0.1) is 0 Å². The Kier molecular flexibility index (Phi) is 10.9. The zero-order valence-corrected chi connectivity index (χ0v) is 22.6. The number of benzene rings is 1. The molecule has 0 unspecified atom stereocenters. The van der Waals surface area contributed by atoms with Gasteiger partial charge in [0.1, 0.15) is 17.7 Å². The molecule has 0 aromatic heterocycles. The highest BCUT2D eigenvalue weighted by Gasteiger charge is 2.26. The van der Waals surface area contributed by atoms with E-state index in [1.807, 2.05) is 20.8 Å². The summed E-state index contributed by atoms with van der Waals surface area (Å²) in [7, 11) is 0. The average molecular weight is 522 g/mol. The van der Waals surface area contributed by atoms with Crippen molar-refractivity contribution < 1.29 is 23.2 Å². The molecule has 1 aliphatic heterocycles. The van der Waals surface area contributed by atoms with Crippen molar-refractivity contribution in [3.8, 4) is 0 Å². The van der Waals surface area contributed by atoms with E-state index in [2.05, 4.69) is 34.5 Å². The van der Waals surface area contributed by atoms with Crippen LogP contribution >= 0.6 is 0 Å². The van der Waals surface area contributed by atoms with Gasteiger partial charge in [0.15, 0.2) is 0 Å². The van der Waals surface area contributed by atoms with Gasteiger partial charge in [-0.2, -0.15) is 0 Å². The lowest BCUT2D eigenvalue weighted by Crippen LogP contribution is -2.56. The van der Waals surface area contributed by atoms with Gasteiger partial charge in [0.25, 0.3) is 0 Å². The predicted octanol–water partition coefficient (Wildman–Crippen LogP) is 4.23. The Bertz CT molecular complexity index is 979. The van der Waals surface area contributed by atoms with Gasteiger partial charge in [0.05, 0.1) is 6.54 Å². The SMILES string of the molecule is C=C(CN(NC(=O)CCC(C)(C)C)C(=O)N[C@@H](C)C(=O)NCc1ccc(F)cc1F)N1CCCC[C@@H]1C. The Morgan fingerprint density at radius 3 is 2.54 bits per heavy atom. The molecule has 206 valence electrons. The largest absolute Gasteiger partial charge is 0.371 e. The van der Waals surface area contributed by atoms with Crippen LogP contribution in [0.25, 0.3) is 0 Å². The van der Waals surface area contributed by atoms with Crippen molar-refractivity contribution in [3.05, 3.63) is 47.7 Å². The van der Waals surface area contributed by atoms with Crippen LogP contribution in [0.15, 0.2) is 30.5 Å². The molecule has 0 bridgehead atoms. The second-order valence-corrected chi connectivity index (χ2v) is 10.9. The number of amides is 4. The Labute approximate surface area is 218 Å². The minimum absolute atomic E-state index is 0.0478. The van der Waals surface area contributed by atoms with Crippen LogP contribution in [0.4, 0.5) is 13.6 Å². The van der Waals surface area contributed by atoms with E-state index in [4.69, 9.17) is 0 Å². The van der Waals surface area contributed by atoms with E-state index in [0.717, 1.165) is 42.9 Å². The third-order valence-electron chi connectivity index (χ3n) is 6.36. The summed E-state index contributed by atoms with van der Waals surface area (Å²) in [6.45, 7) is 14.5. The highest BCUT2D eigenvalue weighted by molar-refractivity contribution is 5.87. The summed E-state index contributed by atoms with van der Waals surface area (Å²) >= 11 is 0. The van der Waals surface area contributed by atoms with E-state index in [1.54, 1.807) is 0 Å². The number of hydrogen-bond acceptors (Lipinski definition) is 4. The van der Waals surface area contributed by atoms with Gasteiger partial charge in [-0.05, 0) is 51.0 Å². The summed E-state index contributed by atoms with van der Waals surface area (Å²) < 4.78 is 27.0. The van der Waals surface area contributed by atoms with Crippen LogP contribution in [0.5, 0.6) is 0 Å². The molecule has 2 rings (SSSR count). The molecule has 0 spiro atoms. The maximum Gasteiger partial charge on any atom is 0.337 e. The van der Waals surface area contributed by atoms with Crippen LogP contribution in [0.2, 0.25) is 0 Å². The molecule has 2 atom stereocenters. The summed E-state index contributed by atoms with van der Waals surface area (Å²) in [6, 6.07) is 1.72. The minimum Gasteiger partial charge on any atom is -0.371 e. The number of urea groups is 1. The normalized spacial score (nSPS) is 16.5. The van der Waals surface area contributed by atoms with Crippen molar-refractivity contribution in [3.63, 3.8) is 0 Å². The molecule has 4 amide bonds. The summed E-state index contributed by atoms with van der Waals surface area (Å²) in [5.74, 6) is -2.35. The van der Waals surface area contributed by atoms with E-state index >= 15 is 0 Å². The fourth-order valence-electron chi connectivity index (χ4n) is 4.03.